The van der Waals surface area contributed by atoms with Crippen LogP contribution in [0, 0.1) is 0 Å². The number of nitrogens with zero attached hydrogens (tertiary/aromatic N) is 3. The number of unbranched alkanes of at least 4 members (excludes halogenated alkanes) is 4. The van der Waals surface area contributed by atoms with Gasteiger partial charge in [-0.3, -0.25) is 14.6 Å². The number of aromatic nitrogens is 2. The monoisotopic (exact) mass is 480 g/mol. The van der Waals surface area contributed by atoms with Crippen molar-refractivity contribution in [2.24, 2.45) is 4.99 Å². The van der Waals surface area contributed by atoms with Gasteiger partial charge in [0.15, 0.2) is 0 Å². The molecule has 2 heterocycles. The Hall–Kier alpha value is -2.83. The molecule has 1 aliphatic carbocycles. The molecule has 1 N–H and O–H groups in total. The van der Waals surface area contributed by atoms with Crippen molar-refractivity contribution in [1.29, 1.82) is 0 Å². The quantitative estimate of drug-likeness (QED) is 0.395. The molecule has 0 unspecified atom stereocenters. The largest absolute Gasteiger partial charge is 0.494 e. The third-order valence-electron chi connectivity index (χ3n) is 7.32. The van der Waals surface area contributed by atoms with E-state index >= 15 is 0 Å². The molecule has 1 aliphatic heterocycles. The summed E-state index contributed by atoms with van der Waals surface area (Å²) in [7, 11) is 0. The van der Waals surface area contributed by atoms with Gasteiger partial charge in [-0.05, 0) is 50.3 Å². The van der Waals surface area contributed by atoms with Crippen molar-refractivity contribution in [2.75, 3.05) is 13.2 Å². The highest BCUT2D eigenvalue weighted by Crippen LogP contribution is 2.27. The second kappa shape index (κ2) is 12.2. The molecule has 0 spiro atoms. The average molecular weight is 481 g/mol. The third-order valence-corrected chi connectivity index (χ3v) is 7.32. The van der Waals surface area contributed by atoms with Crippen molar-refractivity contribution in [1.82, 2.24) is 14.5 Å². The molecule has 1 fully saturated rings. The van der Waals surface area contributed by atoms with Gasteiger partial charge in [-0.15, -0.1) is 0 Å². The lowest BCUT2D eigenvalue weighted by atomic mass is 9.93. The number of benzene rings is 1. The van der Waals surface area contributed by atoms with Crippen LogP contribution in [0.15, 0.2) is 28.0 Å². The molecule has 7 nitrogen and oxygen atoms in total. The molecule has 1 aromatic carbocycles. The van der Waals surface area contributed by atoms with Gasteiger partial charge < -0.3 is 14.2 Å². The van der Waals surface area contributed by atoms with Crippen LogP contribution >= 0.6 is 0 Å². The SMILES string of the molecule is C=c1c(=O)[nH]c2n1Cc1cc(OCCCCC(=O)N(CCCCCC)C3CCCCC3)ccc1N=2. The molecule has 35 heavy (non-hydrogen) atoms. The van der Waals surface area contributed by atoms with E-state index in [4.69, 9.17) is 4.74 Å². The number of H-pyrrole nitrogens is 1. The second-order valence-corrected chi connectivity index (χ2v) is 9.96. The van der Waals surface area contributed by atoms with Crippen molar-refractivity contribution in [3.8, 4) is 5.75 Å². The predicted octanol–water partition coefficient (Wildman–Crippen LogP) is 4.19. The third kappa shape index (κ3) is 6.44. The Morgan fingerprint density at radius 2 is 2.00 bits per heavy atom. The van der Waals surface area contributed by atoms with Crippen molar-refractivity contribution >= 4 is 18.2 Å². The zero-order valence-electron chi connectivity index (χ0n) is 21.2. The Labute approximate surface area is 207 Å². The number of rotatable bonds is 12. The Morgan fingerprint density at radius 3 is 2.80 bits per heavy atom. The summed E-state index contributed by atoms with van der Waals surface area (Å²) >= 11 is 0. The normalized spacial score (nSPS) is 15.2. The maximum Gasteiger partial charge on any atom is 0.274 e. The van der Waals surface area contributed by atoms with Crippen LogP contribution in [0.5, 0.6) is 5.75 Å². The first-order valence-corrected chi connectivity index (χ1v) is 13.5. The minimum atomic E-state index is -0.203. The van der Waals surface area contributed by atoms with Gasteiger partial charge in [0.2, 0.25) is 11.5 Å². The van der Waals surface area contributed by atoms with Gasteiger partial charge in [0.25, 0.3) is 5.56 Å². The highest BCUT2D eigenvalue weighted by atomic mass is 16.5. The van der Waals surface area contributed by atoms with E-state index in [1.165, 1.54) is 51.4 Å². The molecule has 0 bridgehead atoms. The van der Waals surface area contributed by atoms with Gasteiger partial charge in [-0.25, -0.2) is 4.99 Å². The molecule has 0 saturated heterocycles. The van der Waals surface area contributed by atoms with Crippen molar-refractivity contribution in [2.45, 2.75) is 96.6 Å². The van der Waals surface area contributed by atoms with Crippen LogP contribution in [0.2, 0.25) is 0 Å². The fourth-order valence-electron chi connectivity index (χ4n) is 5.25. The molecule has 2 aliphatic rings. The van der Waals surface area contributed by atoms with Crippen molar-refractivity contribution in [3.63, 3.8) is 0 Å². The maximum absolute atomic E-state index is 13.1. The van der Waals surface area contributed by atoms with E-state index in [-0.39, 0.29) is 5.56 Å². The summed E-state index contributed by atoms with van der Waals surface area (Å²) in [5, 5.41) is 0.415. The van der Waals surface area contributed by atoms with E-state index in [9.17, 15) is 9.59 Å². The standard InChI is InChI=1S/C28H40N4O3/c1-3-4-5-10-17-31(23-12-7-6-8-13-23)26(33)14-9-11-18-35-24-15-16-25-22(19-24)20-32-21(2)27(34)30-28(32)29-25/h15-16,19,23H,2-14,17-18,20H2,1H3,(H,29,30,34). The number of hydrogen-bond acceptors (Lipinski definition) is 4. The number of fused-ring (bicyclic) bond motifs is 2. The Morgan fingerprint density at radius 1 is 1.17 bits per heavy atom. The lowest BCUT2D eigenvalue weighted by Gasteiger charge is -2.34. The molecule has 1 aromatic heterocycles. The smallest absolute Gasteiger partial charge is 0.274 e. The number of nitrogens with one attached hydrogen (secondary N) is 1. The number of hydrogen-bond donors (Lipinski definition) is 1. The van der Waals surface area contributed by atoms with Crippen LogP contribution in [0.25, 0.3) is 6.58 Å². The highest BCUT2D eigenvalue weighted by molar-refractivity contribution is 5.76. The Balaban J connectivity index is 1.24. The second-order valence-electron chi connectivity index (χ2n) is 9.96. The van der Waals surface area contributed by atoms with Crippen LogP contribution in [0.1, 0.15) is 89.5 Å². The molecular weight excluding hydrogens is 440 g/mol. The summed E-state index contributed by atoms with van der Waals surface area (Å²) in [6.07, 6.45) is 13.3. The van der Waals surface area contributed by atoms with Gasteiger partial charge in [-0.2, -0.15) is 0 Å². The molecule has 190 valence electrons. The first kappa shape index (κ1) is 25.3. The summed E-state index contributed by atoms with van der Waals surface area (Å²) < 4.78 is 7.78. The van der Waals surface area contributed by atoms with Gasteiger partial charge in [-0.1, -0.05) is 52.0 Å². The molecule has 7 heteroatoms. The molecule has 0 radical (unpaired) electrons. The predicted molar refractivity (Wildman–Crippen MR) is 139 cm³/mol. The van der Waals surface area contributed by atoms with E-state index in [0.717, 1.165) is 42.8 Å². The molecule has 2 aromatic rings. The van der Waals surface area contributed by atoms with Crippen LogP contribution in [-0.4, -0.2) is 39.6 Å². The minimum Gasteiger partial charge on any atom is -0.494 e. The number of imidazole rings is 1. The van der Waals surface area contributed by atoms with E-state index in [2.05, 4.69) is 28.4 Å². The summed E-state index contributed by atoms with van der Waals surface area (Å²) in [4.78, 5) is 34.4. The van der Waals surface area contributed by atoms with Crippen molar-refractivity contribution < 1.29 is 9.53 Å². The maximum atomic E-state index is 13.1. The molecule has 1 amide bonds. The van der Waals surface area contributed by atoms with E-state index in [1.54, 1.807) is 4.57 Å². The number of ether oxygens (including phenoxy) is 1. The first-order chi connectivity index (χ1) is 17.1. The lowest BCUT2D eigenvalue weighted by molar-refractivity contribution is -0.134. The Kier molecular flexibility index (Phi) is 8.83. The molecule has 0 atom stereocenters. The molecule has 4 rings (SSSR count). The first-order valence-electron chi connectivity index (χ1n) is 13.5. The molecular formula is C28H40N4O3. The van der Waals surface area contributed by atoms with Gasteiger partial charge in [0.05, 0.1) is 18.8 Å². The Bertz CT molecular complexity index is 1160. The topological polar surface area (TPSA) is 79.7 Å². The summed E-state index contributed by atoms with van der Waals surface area (Å²) in [6.45, 7) is 8.11. The number of amides is 1. The average Bonchev–Trinajstić information content (AvgIpc) is 3.15. The van der Waals surface area contributed by atoms with Gasteiger partial charge in [0, 0.05) is 24.6 Å². The fourth-order valence-corrected chi connectivity index (χ4v) is 5.25. The number of carbonyl (C=O) groups excluding carboxylic acids is 1. The van der Waals surface area contributed by atoms with Crippen LogP contribution < -0.4 is 21.3 Å². The van der Waals surface area contributed by atoms with Crippen LogP contribution in [0.4, 0.5) is 5.69 Å². The van der Waals surface area contributed by atoms with Gasteiger partial charge >= 0.3 is 0 Å². The molecule has 1 saturated carbocycles. The number of aromatic amines is 1. The van der Waals surface area contributed by atoms with Gasteiger partial charge in [0.1, 0.15) is 11.1 Å². The minimum absolute atomic E-state index is 0.203. The van der Waals surface area contributed by atoms with E-state index < -0.39 is 0 Å². The van der Waals surface area contributed by atoms with E-state index in [0.29, 0.717) is 42.5 Å². The summed E-state index contributed by atoms with van der Waals surface area (Å²) in [6, 6.07) is 6.27. The summed E-state index contributed by atoms with van der Waals surface area (Å²) in [5.41, 5.74) is 2.18. The lowest BCUT2D eigenvalue weighted by Crippen LogP contribution is -2.42. The van der Waals surface area contributed by atoms with Crippen LogP contribution in [0.3, 0.4) is 0 Å². The zero-order valence-corrected chi connectivity index (χ0v) is 21.2. The zero-order chi connectivity index (χ0) is 24.6. The fraction of sp³-hybridized carbons (Fsp3) is 0.607. The van der Waals surface area contributed by atoms with E-state index in [1.807, 2.05) is 18.2 Å². The van der Waals surface area contributed by atoms with Crippen LogP contribution in [-0.2, 0) is 11.3 Å². The highest BCUT2D eigenvalue weighted by Gasteiger charge is 2.24. The van der Waals surface area contributed by atoms with Crippen molar-refractivity contribution in [3.05, 3.63) is 45.1 Å². The summed E-state index contributed by atoms with van der Waals surface area (Å²) in [5.74, 6) is 1.11. The number of carbonyl (C=O) groups is 1.